The third kappa shape index (κ3) is 3.26. The Morgan fingerprint density at radius 3 is 2.94 bits per heavy atom. The fourth-order valence-corrected chi connectivity index (χ4v) is 1.52. The Morgan fingerprint density at radius 2 is 2.24 bits per heavy atom. The van der Waals surface area contributed by atoms with Crippen molar-refractivity contribution in [3.8, 4) is 0 Å². The van der Waals surface area contributed by atoms with Crippen LogP contribution in [-0.2, 0) is 6.54 Å². The number of hydrogen-bond acceptors (Lipinski definition) is 3. The summed E-state index contributed by atoms with van der Waals surface area (Å²) in [5, 5.41) is 3.29. The van der Waals surface area contributed by atoms with Gasteiger partial charge in [-0.05, 0) is 23.8 Å². The lowest BCUT2D eigenvalue weighted by molar-refractivity contribution is 0.0946. The monoisotopic (exact) mass is 247 g/mol. The molecule has 0 spiro atoms. The van der Waals surface area contributed by atoms with E-state index in [9.17, 15) is 4.79 Å². The predicted molar refractivity (Wildman–Crippen MR) is 64.7 cm³/mol. The first-order chi connectivity index (χ1) is 8.25. The van der Waals surface area contributed by atoms with Gasteiger partial charge in [-0.3, -0.25) is 14.8 Å². The molecule has 86 valence electrons. The van der Waals surface area contributed by atoms with Crippen molar-refractivity contribution in [1.82, 2.24) is 15.3 Å². The summed E-state index contributed by atoms with van der Waals surface area (Å²) >= 11 is 5.79. The summed E-state index contributed by atoms with van der Waals surface area (Å²) in [6.07, 6.45) is 4.78. The minimum absolute atomic E-state index is 0.217. The molecular weight excluding hydrogens is 238 g/mol. The highest BCUT2D eigenvalue weighted by Crippen LogP contribution is 2.08. The lowest BCUT2D eigenvalue weighted by Gasteiger charge is -2.04. The molecule has 0 aliphatic carbocycles. The number of nitrogens with one attached hydrogen (secondary N) is 1. The van der Waals surface area contributed by atoms with E-state index in [0.29, 0.717) is 17.3 Å². The molecule has 0 bridgehead atoms. The molecule has 2 aromatic heterocycles. The van der Waals surface area contributed by atoms with Crippen LogP contribution in [0.2, 0.25) is 5.02 Å². The number of pyridine rings is 2. The summed E-state index contributed by atoms with van der Waals surface area (Å²) in [4.78, 5) is 19.6. The van der Waals surface area contributed by atoms with Crippen LogP contribution in [0.3, 0.4) is 0 Å². The van der Waals surface area contributed by atoms with Gasteiger partial charge in [0.05, 0.1) is 5.02 Å². The molecule has 0 fully saturated rings. The maximum absolute atomic E-state index is 11.7. The molecule has 1 amide bonds. The van der Waals surface area contributed by atoms with E-state index >= 15 is 0 Å². The van der Waals surface area contributed by atoms with Crippen LogP contribution in [-0.4, -0.2) is 15.9 Å². The molecule has 1 N–H and O–H groups in total. The highest BCUT2D eigenvalue weighted by Gasteiger charge is 2.05. The Morgan fingerprint density at radius 1 is 1.35 bits per heavy atom. The standard InChI is InChI=1S/C12H10ClN3O/c13-10-5-9(6-14-8-10)7-16-12(17)11-3-1-2-4-15-11/h1-6,8H,7H2,(H,16,17). The van der Waals surface area contributed by atoms with E-state index in [-0.39, 0.29) is 5.91 Å². The SMILES string of the molecule is O=C(NCc1cncc(Cl)c1)c1ccccn1. The molecule has 0 unspecified atom stereocenters. The molecule has 0 aliphatic rings. The number of nitrogens with zero attached hydrogens (tertiary/aromatic N) is 2. The van der Waals surface area contributed by atoms with Gasteiger partial charge in [0, 0.05) is 25.1 Å². The van der Waals surface area contributed by atoms with Crippen molar-refractivity contribution in [1.29, 1.82) is 0 Å². The van der Waals surface area contributed by atoms with Crippen LogP contribution in [0, 0.1) is 0 Å². The highest BCUT2D eigenvalue weighted by molar-refractivity contribution is 6.30. The second kappa shape index (κ2) is 5.41. The molecule has 17 heavy (non-hydrogen) atoms. The van der Waals surface area contributed by atoms with Gasteiger partial charge in [0.2, 0.25) is 0 Å². The predicted octanol–water partition coefficient (Wildman–Crippen LogP) is 2.06. The Kier molecular flexibility index (Phi) is 3.67. The molecule has 4 nitrogen and oxygen atoms in total. The second-order valence-electron chi connectivity index (χ2n) is 3.41. The molecule has 0 radical (unpaired) electrons. The number of hydrogen-bond donors (Lipinski definition) is 1. The first-order valence-electron chi connectivity index (χ1n) is 5.04. The Labute approximate surface area is 104 Å². The summed E-state index contributed by atoms with van der Waals surface area (Å²) < 4.78 is 0. The molecular formula is C12H10ClN3O. The third-order valence-corrected chi connectivity index (χ3v) is 2.32. The van der Waals surface area contributed by atoms with Crippen molar-refractivity contribution < 1.29 is 4.79 Å². The van der Waals surface area contributed by atoms with Crippen molar-refractivity contribution >= 4 is 17.5 Å². The van der Waals surface area contributed by atoms with Gasteiger partial charge < -0.3 is 5.32 Å². The fraction of sp³-hybridized carbons (Fsp3) is 0.0833. The number of carbonyl (C=O) groups excluding carboxylic acids is 1. The van der Waals surface area contributed by atoms with Crippen LogP contribution in [0.5, 0.6) is 0 Å². The second-order valence-corrected chi connectivity index (χ2v) is 3.85. The molecule has 0 saturated carbocycles. The van der Waals surface area contributed by atoms with Gasteiger partial charge >= 0.3 is 0 Å². The van der Waals surface area contributed by atoms with Crippen LogP contribution in [0.15, 0.2) is 42.9 Å². The lowest BCUT2D eigenvalue weighted by Crippen LogP contribution is -2.23. The summed E-state index contributed by atoms with van der Waals surface area (Å²) in [5.74, 6) is -0.217. The van der Waals surface area contributed by atoms with Crippen LogP contribution < -0.4 is 5.32 Å². The van der Waals surface area contributed by atoms with Gasteiger partial charge in [-0.1, -0.05) is 17.7 Å². The quantitative estimate of drug-likeness (QED) is 0.903. The van der Waals surface area contributed by atoms with Crippen LogP contribution in [0.1, 0.15) is 16.1 Å². The average Bonchev–Trinajstić information content (AvgIpc) is 2.37. The maximum atomic E-state index is 11.7. The zero-order chi connectivity index (χ0) is 12.1. The van der Waals surface area contributed by atoms with E-state index in [0.717, 1.165) is 5.56 Å². The van der Waals surface area contributed by atoms with Crippen LogP contribution >= 0.6 is 11.6 Å². The van der Waals surface area contributed by atoms with Crippen molar-refractivity contribution in [2.24, 2.45) is 0 Å². The smallest absolute Gasteiger partial charge is 0.270 e. The van der Waals surface area contributed by atoms with Crippen LogP contribution in [0.25, 0.3) is 0 Å². The highest BCUT2D eigenvalue weighted by atomic mass is 35.5. The third-order valence-electron chi connectivity index (χ3n) is 2.11. The Balaban J connectivity index is 1.97. The first-order valence-corrected chi connectivity index (χ1v) is 5.42. The van der Waals surface area contributed by atoms with Gasteiger partial charge in [-0.15, -0.1) is 0 Å². The van der Waals surface area contributed by atoms with Crippen molar-refractivity contribution in [3.05, 3.63) is 59.1 Å². The van der Waals surface area contributed by atoms with E-state index in [1.54, 1.807) is 42.9 Å². The zero-order valence-corrected chi connectivity index (χ0v) is 9.69. The summed E-state index contributed by atoms with van der Waals surface area (Å²) in [6.45, 7) is 0.378. The van der Waals surface area contributed by atoms with E-state index in [1.807, 2.05) is 0 Å². The lowest BCUT2D eigenvalue weighted by atomic mass is 10.2. The molecule has 0 atom stereocenters. The topological polar surface area (TPSA) is 54.9 Å². The van der Waals surface area contributed by atoms with Crippen molar-refractivity contribution in [2.75, 3.05) is 0 Å². The minimum Gasteiger partial charge on any atom is -0.347 e. The van der Waals surface area contributed by atoms with E-state index in [1.165, 1.54) is 0 Å². The summed E-state index contributed by atoms with van der Waals surface area (Å²) in [7, 11) is 0. The van der Waals surface area contributed by atoms with E-state index < -0.39 is 0 Å². The van der Waals surface area contributed by atoms with Gasteiger partial charge in [0.1, 0.15) is 5.69 Å². The largest absolute Gasteiger partial charge is 0.347 e. The fourth-order valence-electron chi connectivity index (χ4n) is 1.32. The molecule has 2 rings (SSSR count). The maximum Gasteiger partial charge on any atom is 0.270 e. The van der Waals surface area contributed by atoms with E-state index in [4.69, 9.17) is 11.6 Å². The zero-order valence-electron chi connectivity index (χ0n) is 8.93. The normalized spacial score (nSPS) is 9.94. The molecule has 0 saturated heterocycles. The average molecular weight is 248 g/mol. The van der Waals surface area contributed by atoms with Gasteiger partial charge in [-0.2, -0.15) is 0 Å². The minimum atomic E-state index is -0.217. The molecule has 0 aromatic carbocycles. The first kappa shape index (κ1) is 11.5. The van der Waals surface area contributed by atoms with Gasteiger partial charge in [0.15, 0.2) is 0 Å². The number of aromatic nitrogens is 2. The number of carbonyl (C=O) groups is 1. The van der Waals surface area contributed by atoms with Crippen molar-refractivity contribution in [2.45, 2.75) is 6.54 Å². The Bertz CT molecular complexity index is 516. The van der Waals surface area contributed by atoms with E-state index in [2.05, 4.69) is 15.3 Å². The van der Waals surface area contributed by atoms with Gasteiger partial charge in [-0.25, -0.2) is 0 Å². The molecule has 5 heteroatoms. The number of rotatable bonds is 3. The molecule has 0 aliphatic heterocycles. The number of halogens is 1. The number of amides is 1. The van der Waals surface area contributed by atoms with Crippen LogP contribution in [0.4, 0.5) is 0 Å². The van der Waals surface area contributed by atoms with Crippen molar-refractivity contribution in [3.63, 3.8) is 0 Å². The summed E-state index contributed by atoms with van der Waals surface area (Å²) in [6, 6.07) is 6.94. The van der Waals surface area contributed by atoms with Gasteiger partial charge in [0.25, 0.3) is 5.91 Å². The molecule has 2 heterocycles. The summed E-state index contributed by atoms with van der Waals surface area (Å²) in [5.41, 5.74) is 1.24. The molecule has 2 aromatic rings. The Hall–Kier alpha value is -1.94.